The normalized spacial score (nSPS) is 10.5. The molecule has 0 saturated heterocycles. The van der Waals surface area contributed by atoms with Gasteiger partial charge in [-0.2, -0.15) is 0 Å². The van der Waals surface area contributed by atoms with E-state index in [0.717, 1.165) is 35.9 Å². The van der Waals surface area contributed by atoms with E-state index < -0.39 is 0 Å². The first kappa shape index (κ1) is 14.1. The third kappa shape index (κ3) is 3.83. The van der Waals surface area contributed by atoms with Gasteiger partial charge >= 0.3 is 0 Å². The predicted molar refractivity (Wildman–Crippen MR) is 74.4 cm³/mol. The van der Waals surface area contributed by atoms with Crippen molar-refractivity contribution in [1.29, 1.82) is 0 Å². The van der Waals surface area contributed by atoms with Crippen LogP contribution in [-0.2, 0) is 6.42 Å². The monoisotopic (exact) mass is 324 g/mol. The number of halogens is 3. The standard InChI is InChI=1S/C12H15BrCl2O/c1-2-4-9-11(16-8-3-7-13)6-5-10(14)12(9)15/h5-6H,2-4,7-8H2,1H3. The maximum absolute atomic E-state index is 6.17. The molecule has 0 N–H and O–H groups in total. The molecule has 1 rings (SSSR count). The molecule has 16 heavy (non-hydrogen) atoms. The molecule has 1 aromatic rings. The second-order valence-electron chi connectivity index (χ2n) is 3.48. The number of hydrogen-bond acceptors (Lipinski definition) is 1. The fraction of sp³-hybridized carbons (Fsp3) is 0.500. The summed E-state index contributed by atoms with van der Waals surface area (Å²) in [5.74, 6) is 0.859. The highest BCUT2D eigenvalue weighted by Gasteiger charge is 2.10. The Morgan fingerprint density at radius 2 is 2.06 bits per heavy atom. The van der Waals surface area contributed by atoms with Crippen LogP contribution in [0.4, 0.5) is 0 Å². The molecule has 0 spiro atoms. The number of rotatable bonds is 6. The summed E-state index contributed by atoms with van der Waals surface area (Å²) in [4.78, 5) is 0. The molecule has 0 aliphatic rings. The molecular formula is C12H15BrCl2O. The Morgan fingerprint density at radius 1 is 1.31 bits per heavy atom. The Bertz CT molecular complexity index is 342. The molecule has 0 aliphatic carbocycles. The van der Waals surface area contributed by atoms with Gasteiger partial charge in [0.1, 0.15) is 5.75 Å². The Kier molecular flexibility index (Phi) is 6.55. The van der Waals surface area contributed by atoms with Gasteiger partial charge in [-0.15, -0.1) is 0 Å². The van der Waals surface area contributed by atoms with Gasteiger partial charge in [0.2, 0.25) is 0 Å². The minimum absolute atomic E-state index is 0.595. The Labute approximate surface area is 115 Å². The SMILES string of the molecule is CCCc1c(OCCCBr)ccc(Cl)c1Cl. The summed E-state index contributed by atoms with van der Waals surface area (Å²) in [5.41, 5.74) is 1.02. The minimum atomic E-state index is 0.595. The summed E-state index contributed by atoms with van der Waals surface area (Å²) in [6, 6.07) is 3.68. The summed E-state index contributed by atoms with van der Waals surface area (Å²) in [6.07, 6.45) is 2.89. The zero-order valence-corrected chi connectivity index (χ0v) is 12.3. The second-order valence-corrected chi connectivity index (χ2v) is 5.06. The van der Waals surface area contributed by atoms with E-state index in [4.69, 9.17) is 27.9 Å². The summed E-state index contributed by atoms with van der Waals surface area (Å²) >= 11 is 15.5. The number of hydrogen-bond donors (Lipinski definition) is 0. The molecular weight excluding hydrogens is 311 g/mol. The summed E-state index contributed by atoms with van der Waals surface area (Å²) in [6.45, 7) is 2.80. The fourth-order valence-electron chi connectivity index (χ4n) is 1.43. The molecule has 0 bridgehead atoms. The Hall–Kier alpha value is 0.0800. The van der Waals surface area contributed by atoms with E-state index in [1.54, 1.807) is 6.07 Å². The average molecular weight is 326 g/mol. The molecule has 1 nitrogen and oxygen atoms in total. The van der Waals surface area contributed by atoms with Gasteiger partial charge < -0.3 is 4.74 Å². The van der Waals surface area contributed by atoms with Crippen molar-refractivity contribution in [3.63, 3.8) is 0 Å². The van der Waals surface area contributed by atoms with Gasteiger partial charge in [0, 0.05) is 10.9 Å². The van der Waals surface area contributed by atoms with E-state index in [1.807, 2.05) is 6.07 Å². The third-order valence-corrected chi connectivity index (χ3v) is 3.59. The lowest BCUT2D eigenvalue weighted by Crippen LogP contribution is -2.01. The maximum atomic E-state index is 6.17. The van der Waals surface area contributed by atoms with Crippen molar-refractivity contribution >= 4 is 39.1 Å². The van der Waals surface area contributed by atoms with Gasteiger partial charge in [-0.1, -0.05) is 52.5 Å². The number of alkyl halides is 1. The second kappa shape index (κ2) is 7.41. The van der Waals surface area contributed by atoms with Crippen LogP contribution in [0.25, 0.3) is 0 Å². The third-order valence-electron chi connectivity index (χ3n) is 2.19. The molecule has 0 aliphatic heterocycles. The lowest BCUT2D eigenvalue weighted by molar-refractivity contribution is 0.315. The maximum Gasteiger partial charge on any atom is 0.124 e. The van der Waals surface area contributed by atoms with Crippen LogP contribution >= 0.6 is 39.1 Å². The van der Waals surface area contributed by atoms with Gasteiger partial charge in [-0.25, -0.2) is 0 Å². The number of benzene rings is 1. The van der Waals surface area contributed by atoms with Crippen LogP contribution < -0.4 is 4.74 Å². The first-order valence-electron chi connectivity index (χ1n) is 5.36. The van der Waals surface area contributed by atoms with Crippen LogP contribution in [0.5, 0.6) is 5.75 Å². The summed E-state index contributed by atoms with van der Waals surface area (Å²) in [7, 11) is 0. The van der Waals surface area contributed by atoms with Crippen molar-refractivity contribution in [2.24, 2.45) is 0 Å². The highest BCUT2D eigenvalue weighted by atomic mass is 79.9. The van der Waals surface area contributed by atoms with Gasteiger partial charge in [0.05, 0.1) is 16.7 Å². The van der Waals surface area contributed by atoms with E-state index in [1.165, 1.54) is 0 Å². The zero-order chi connectivity index (χ0) is 12.0. The van der Waals surface area contributed by atoms with Crippen molar-refractivity contribution in [1.82, 2.24) is 0 Å². The molecule has 90 valence electrons. The lowest BCUT2D eigenvalue weighted by atomic mass is 10.1. The van der Waals surface area contributed by atoms with E-state index in [2.05, 4.69) is 22.9 Å². The van der Waals surface area contributed by atoms with Crippen molar-refractivity contribution in [3.05, 3.63) is 27.7 Å². The fourth-order valence-corrected chi connectivity index (χ4v) is 2.09. The van der Waals surface area contributed by atoms with Gasteiger partial charge in [-0.05, 0) is 25.0 Å². The quantitative estimate of drug-likeness (QED) is 0.521. The van der Waals surface area contributed by atoms with Crippen molar-refractivity contribution in [2.75, 3.05) is 11.9 Å². The van der Waals surface area contributed by atoms with Crippen LogP contribution in [0.3, 0.4) is 0 Å². The van der Waals surface area contributed by atoms with Gasteiger partial charge in [0.15, 0.2) is 0 Å². The predicted octanol–water partition coefficient (Wildman–Crippen LogP) is 5.11. The molecule has 0 atom stereocenters. The highest BCUT2D eigenvalue weighted by Crippen LogP contribution is 2.34. The molecule has 0 unspecified atom stereocenters. The van der Waals surface area contributed by atoms with Crippen molar-refractivity contribution in [2.45, 2.75) is 26.2 Å². The largest absolute Gasteiger partial charge is 0.493 e. The van der Waals surface area contributed by atoms with E-state index in [9.17, 15) is 0 Å². The molecule has 0 saturated carbocycles. The molecule has 0 amide bonds. The molecule has 4 heteroatoms. The first-order chi connectivity index (χ1) is 7.70. The van der Waals surface area contributed by atoms with Gasteiger partial charge in [0.25, 0.3) is 0 Å². The van der Waals surface area contributed by atoms with Gasteiger partial charge in [-0.3, -0.25) is 0 Å². The van der Waals surface area contributed by atoms with E-state index >= 15 is 0 Å². The molecule has 0 fully saturated rings. The minimum Gasteiger partial charge on any atom is -0.493 e. The smallest absolute Gasteiger partial charge is 0.124 e. The van der Waals surface area contributed by atoms with Crippen LogP contribution in [-0.4, -0.2) is 11.9 Å². The lowest BCUT2D eigenvalue weighted by Gasteiger charge is -2.13. The first-order valence-corrected chi connectivity index (χ1v) is 7.24. The zero-order valence-electron chi connectivity index (χ0n) is 9.23. The van der Waals surface area contributed by atoms with E-state index in [0.29, 0.717) is 16.7 Å². The topological polar surface area (TPSA) is 9.23 Å². The van der Waals surface area contributed by atoms with Crippen LogP contribution in [0.1, 0.15) is 25.3 Å². The Balaban J connectivity index is 2.85. The molecule has 0 aromatic heterocycles. The average Bonchev–Trinajstić information content (AvgIpc) is 2.28. The molecule has 0 heterocycles. The molecule has 0 radical (unpaired) electrons. The van der Waals surface area contributed by atoms with Crippen LogP contribution in [0.2, 0.25) is 10.0 Å². The Morgan fingerprint density at radius 3 is 2.69 bits per heavy atom. The number of ether oxygens (including phenoxy) is 1. The highest BCUT2D eigenvalue weighted by molar-refractivity contribution is 9.09. The molecule has 1 aromatic carbocycles. The van der Waals surface area contributed by atoms with Crippen molar-refractivity contribution in [3.8, 4) is 5.75 Å². The van der Waals surface area contributed by atoms with E-state index in [-0.39, 0.29) is 0 Å². The summed E-state index contributed by atoms with van der Waals surface area (Å²) in [5, 5.41) is 2.16. The van der Waals surface area contributed by atoms with Crippen molar-refractivity contribution < 1.29 is 4.74 Å². The summed E-state index contributed by atoms with van der Waals surface area (Å²) < 4.78 is 5.69. The van der Waals surface area contributed by atoms with Crippen LogP contribution in [0.15, 0.2) is 12.1 Å². The van der Waals surface area contributed by atoms with Crippen LogP contribution in [0, 0.1) is 0 Å².